The number of nitrogens with zero attached hydrogens (tertiary/aromatic N) is 1. The fourth-order valence-corrected chi connectivity index (χ4v) is 3.35. The van der Waals surface area contributed by atoms with Crippen LogP contribution >= 0.6 is 0 Å². The average Bonchev–Trinajstić information content (AvgIpc) is 2.97. The maximum atomic E-state index is 12.8. The van der Waals surface area contributed by atoms with Gasteiger partial charge >= 0.3 is 0 Å². The van der Waals surface area contributed by atoms with Crippen molar-refractivity contribution in [3.05, 3.63) is 70.8 Å². The Morgan fingerprint density at radius 2 is 1.71 bits per heavy atom. The van der Waals surface area contributed by atoms with Crippen molar-refractivity contribution in [2.45, 2.75) is 19.4 Å². The van der Waals surface area contributed by atoms with Crippen LogP contribution in [0.25, 0.3) is 5.76 Å². The van der Waals surface area contributed by atoms with Gasteiger partial charge in [0.15, 0.2) is 0 Å². The van der Waals surface area contributed by atoms with Crippen LogP contribution in [0.2, 0.25) is 0 Å². The number of methoxy groups -OCH3 is 1. The molecule has 0 aromatic heterocycles. The maximum Gasteiger partial charge on any atom is 0.295 e. The highest BCUT2D eigenvalue weighted by Crippen LogP contribution is 2.39. The first-order valence-corrected chi connectivity index (χ1v) is 9.08. The zero-order valence-electron chi connectivity index (χ0n) is 15.9. The van der Waals surface area contributed by atoms with Crippen molar-refractivity contribution in [3.8, 4) is 5.75 Å². The molecule has 2 N–H and O–H groups in total. The van der Waals surface area contributed by atoms with Gasteiger partial charge in [-0.05, 0) is 31.0 Å². The van der Waals surface area contributed by atoms with E-state index in [0.717, 1.165) is 5.56 Å². The first-order chi connectivity index (χ1) is 13.5. The summed E-state index contributed by atoms with van der Waals surface area (Å²) < 4.78 is 5.18. The van der Waals surface area contributed by atoms with E-state index < -0.39 is 17.7 Å². The highest BCUT2D eigenvalue weighted by atomic mass is 16.5. The summed E-state index contributed by atoms with van der Waals surface area (Å²) in [5.74, 6) is -0.958. The number of benzene rings is 2. The molecule has 146 valence electrons. The summed E-state index contributed by atoms with van der Waals surface area (Å²) in [5, 5.41) is 20.1. The largest absolute Gasteiger partial charge is 0.507 e. The van der Waals surface area contributed by atoms with Crippen molar-refractivity contribution >= 4 is 17.4 Å². The lowest BCUT2D eigenvalue weighted by Crippen LogP contribution is -2.31. The maximum absolute atomic E-state index is 12.8. The Kier molecular flexibility index (Phi) is 5.80. The predicted octanol–water partition coefficient (Wildman–Crippen LogP) is 2.81. The standard InChI is InChI=1S/C22H23NO5/c1-14-4-6-16(7-5-14)20(25)18-19(15-8-10-17(28-2)11-9-15)23(12-3-13-24)22(27)21(18)26/h4-11,19,24-25H,3,12-13H2,1-2H3. The summed E-state index contributed by atoms with van der Waals surface area (Å²) in [5.41, 5.74) is 2.24. The van der Waals surface area contributed by atoms with Gasteiger partial charge in [0.1, 0.15) is 11.5 Å². The van der Waals surface area contributed by atoms with Crippen LogP contribution in [0.15, 0.2) is 54.1 Å². The van der Waals surface area contributed by atoms with E-state index in [-0.39, 0.29) is 24.5 Å². The first-order valence-electron chi connectivity index (χ1n) is 9.08. The Hall–Kier alpha value is -3.12. The lowest BCUT2D eigenvalue weighted by atomic mass is 9.95. The number of ketones is 1. The van der Waals surface area contributed by atoms with Gasteiger partial charge in [-0.2, -0.15) is 0 Å². The Labute approximate surface area is 163 Å². The highest BCUT2D eigenvalue weighted by molar-refractivity contribution is 6.46. The third-order valence-corrected chi connectivity index (χ3v) is 4.85. The molecule has 2 aromatic rings. The smallest absolute Gasteiger partial charge is 0.295 e. The topological polar surface area (TPSA) is 87.1 Å². The lowest BCUT2D eigenvalue weighted by Gasteiger charge is -2.25. The molecule has 1 amide bonds. The molecule has 0 spiro atoms. The SMILES string of the molecule is COc1ccc(C2C(=C(O)c3ccc(C)cc3)C(=O)C(=O)N2CCCO)cc1. The number of carbonyl (C=O) groups excluding carboxylic acids is 2. The molecule has 6 nitrogen and oxygen atoms in total. The summed E-state index contributed by atoms with van der Waals surface area (Å²) in [7, 11) is 1.56. The van der Waals surface area contributed by atoms with E-state index in [1.807, 2.05) is 19.1 Å². The van der Waals surface area contributed by atoms with Crippen molar-refractivity contribution < 1.29 is 24.5 Å². The monoisotopic (exact) mass is 381 g/mol. The quantitative estimate of drug-likeness (QED) is 0.456. The number of rotatable bonds is 6. The number of Topliss-reactive ketones (excluding diaryl/α,β-unsaturated/α-hetero) is 1. The molecule has 1 heterocycles. The molecule has 1 aliphatic heterocycles. The van der Waals surface area contributed by atoms with Crippen molar-refractivity contribution in [1.82, 2.24) is 4.90 Å². The zero-order valence-corrected chi connectivity index (χ0v) is 15.9. The normalized spacial score (nSPS) is 18.5. The Morgan fingerprint density at radius 3 is 2.29 bits per heavy atom. The fraction of sp³-hybridized carbons (Fsp3) is 0.273. The fourth-order valence-electron chi connectivity index (χ4n) is 3.35. The molecule has 6 heteroatoms. The van der Waals surface area contributed by atoms with Crippen molar-refractivity contribution in [2.75, 3.05) is 20.3 Å². The van der Waals surface area contributed by atoms with Gasteiger partial charge in [0.25, 0.3) is 11.7 Å². The molecular formula is C22H23NO5. The summed E-state index contributed by atoms with van der Waals surface area (Å²) in [6, 6.07) is 13.4. The molecule has 1 saturated heterocycles. The van der Waals surface area contributed by atoms with Crippen LogP contribution in [0.5, 0.6) is 5.75 Å². The average molecular weight is 381 g/mol. The van der Waals surface area contributed by atoms with Gasteiger partial charge in [-0.15, -0.1) is 0 Å². The number of hydrogen-bond donors (Lipinski definition) is 2. The number of aliphatic hydroxyl groups excluding tert-OH is 2. The number of ether oxygens (including phenoxy) is 1. The minimum absolute atomic E-state index is 0.0527. The van der Waals surface area contributed by atoms with Gasteiger partial charge in [0.2, 0.25) is 0 Å². The predicted molar refractivity (Wildman–Crippen MR) is 105 cm³/mol. The van der Waals surface area contributed by atoms with Gasteiger partial charge in [-0.25, -0.2) is 0 Å². The van der Waals surface area contributed by atoms with Crippen LogP contribution in [0.4, 0.5) is 0 Å². The Morgan fingerprint density at radius 1 is 1.07 bits per heavy atom. The molecule has 2 aromatic carbocycles. The third kappa shape index (κ3) is 3.64. The van der Waals surface area contributed by atoms with Crippen LogP contribution in [0.1, 0.15) is 29.2 Å². The van der Waals surface area contributed by atoms with E-state index in [1.54, 1.807) is 43.5 Å². The van der Waals surface area contributed by atoms with Crippen molar-refractivity contribution in [3.63, 3.8) is 0 Å². The molecular weight excluding hydrogens is 358 g/mol. The second-order valence-corrected chi connectivity index (χ2v) is 6.71. The van der Waals surface area contributed by atoms with Crippen molar-refractivity contribution in [1.29, 1.82) is 0 Å². The van der Waals surface area contributed by atoms with Crippen LogP contribution in [-0.2, 0) is 9.59 Å². The Bertz CT molecular complexity index is 900. The summed E-state index contributed by atoms with van der Waals surface area (Å²) >= 11 is 0. The van der Waals surface area contributed by atoms with Gasteiger partial charge in [0, 0.05) is 18.7 Å². The van der Waals surface area contributed by atoms with Gasteiger partial charge < -0.3 is 19.8 Å². The summed E-state index contributed by atoms with van der Waals surface area (Å²) in [6.07, 6.45) is 0.338. The van der Waals surface area contributed by atoms with Crippen LogP contribution < -0.4 is 4.74 Å². The van der Waals surface area contributed by atoms with E-state index in [9.17, 15) is 19.8 Å². The van der Waals surface area contributed by atoms with E-state index in [0.29, 0.717) is 23.3 Å². The molecule has 1 aliphatic rings. The molecule has 0 saturated carbocycles. The molecule has 0 radical (unpaired) electrons. The molecule has 1 unspecified atom stereocenters. The molecule has 0 aliphatic carbocycles. The number of aryl methyl sites for hydroxylation is 1. The van der Waals surface area contributed by atoms with Crippen LogP contribution in [0, 0.1) is 6.92 Å². The van der Waals surface area contributed by atoms with Gasteiger partial charge in [0.05, 0.1) is 18.7 Å². The molecule has 3 rings (SSSR count). The van der Waals surface area contributed by atoms with Crippen LogP contribution in [0.3, 0.4) is 0 Å². The summed E-state index contributed by atoms with van der Waals surface area (Å²) in [4.78, 5) is 26.8. The number of carbonyl (C=O) groups is 2. The minimum atomic E-state index is -0.725. The molecule has 28 heavy (non-hydrogen) atoms. The van der Waals surface area contributed by atoms with E-state index in [4.69, 9.17) is 4.74 Å². The second kappa shape index (κ2) is 8.27. The highest BCUT2D eigenvalue weighted by Gasteiger charge is 2.45. The second-order valence-electron chi connectivity index (χ2n) is 6.71. The van der Waals surface area contributed by atoms with Gasteiger partial charge in [-0.3, -0.25) is 9.59 Å². The summed E-state index contributed by atoms with van der Waals surface area (Å²) in [6.45, 7) is 2.04. The third-order valence-electron chi connectivity index (χ3n) is 4.85. The van der Waals surface area contributed by atoms with E-state index >= 15 is 0 Å². The number of amides is 1. The van der Waals surface area contributed by atoms with Gasteiger partial charge in [-0.1, -0.05) is 42.0 Å². The number of aliphatic hydroxyl groups is 2. The van der Waals surface area contributed by atoms with Crippen molar-refractivity contribution in [2.24, 2.45) is 0 Å². The number of hydrogen-bond acceptors (Lipinski definition) is 5. The lowest BCUT2D eigenvalue weighted by molar-refractivity contribution is -0.140. The van der Waals surface area contributed by atoms with Crippen LogP contribution in [-0.4, -0.2) is 47.1 Å². The first kappa shape index (κ1) is 19.6. The van der Waals surface area contributed by atoms with E-state index in [1.165, 1.54) is 4.90 Å². The molecule has 0 bridgehead atoms. The zero-order chi connectivity index (χ0) is 20.3. The molecule has 1 fully saturated rings. The minimum Gasteiger partial charge on any atom is -0.507 e. The van der Waals surface area contributed by atoms with E-state index in [2.05, 4.69) is 0 Å². The Balaban J connectivity index is 2.13. The number of likely N-dealkylation sites (tertiary alicyclic amines) is 1. The molecule has 1 atom stereocenters.